The van der Waals surface area contributed by atoms with Crippen molar-refractivity contribution in [2.75, 3.05) is 24.9 Å². The summed E-state index contributed by atoms with van der Waals surface area (Å²) in [6.45, 7) is 0.495. The van der Waals surface area contributed by atoms with Gasteiger partial charge in [-0.15, -0.1) is 0 Å². The number of furan rings is 1. The number of nitrogens with zero attached hydrogens (tertiary/aromatic N) is 2. The van der Waals surface area contributed by atoms with Gasteiger partial charge in [-0.2, -0.15) is 4.98 Å². The number of halogens is 1. The second-order valence-corrected chi connectivity index (χ2v) is 5.42. The molecule has 0 radical (unpaired) electrons. The molecule has 7 nitrogen and oxygen atoms in total. The second kappa shape index (κ2) is 7.76. The maximum absolute atomic E-state index is 6.12. The zero-order valence-corrected chi connectivity index (χ0v) is 14.5. The third kappa shape index (κ3) is 4.13. The Hall–Kier alpha value is -2.93. The van der Waals surface area contributed by atoms with E-state index in [1.165, 1.54) is 0 Å². The molecule has 3 aromatic rings. The molecule has 0 unspecified atom stereocenters. The molecule has 0 aliphatic rings. The van der Waals surface area contributed by atoms with Crippen molar-refractivity contribution in [2.45, 2.75) is 6.54 Å². The smallest absolute Gasteiger partial charge is 0.224 e. The molecule has 1 aromatic carbocycles. The summed E-state index contributed by atoms with van der Waals surface area (Å²) in [6.07, 6.45) is 3.27. The Morgan fingerprint density at radius 1 is 1.16 bits per heavy atom. The third-order valence-corrected chi connectivity index (χ3v) is 3.69. The first-order chi connectivity index (χ1) is 12.2. The van der Waals surface area contributed by atoms with Gasteiger partial charge in [-0.25, -0.2) is 4.98 Å². The van der Waals surface area contributed by atoms with Crippen LogP contribution < -0.4 is 20.1 Å². The molecule has 0 spiro atoms. The molecule has 130 valence electrons. The molecule has 0 aliphatic carbocycles. The van der Waals surface area contributed by atoms with E-state index in [1.807, 2.05) is 12.1 Å². The van der Waals surface area contributed by atoms with Crippen LogP contribution in [-0.2, 0) is 6.54 Å². The first-order valence-corrected chi connectivity index (χ1v) is 7.85. The van der Waals surface area contributed by atoms with Crippen LogP contribution in [0.2, 0.25) is 5.02 Å². The van der Waals surface area contributed by atoms with E-state index in [0.29, 0.717) is 40.5 Å². The van der Waals surface area contributed by atoms with Gasteiger partial charge in [0, 0.05) is 18.3 Å². The van der Waals surface area contributed by atoms with Crippen molar-refractivity contribution in [3.05, 3.63) is 53.6 Å². The fraction of sp³-hybridized carbons (Fsp3) is 0.176. The maximum Gasteiger partial charge on any atom is 0.224 e. The number of ether oxygens (including phenoxy) is 2. The van der Waals surface area contributed by atoms with E-state index in [9.17, 15) is 0 Å². The van der Waals surface area contributed by atoms with E-state index in [2.05, 4.69) is 20.6 Å². The van der Waals surface area contributed by atoms with Crippen LogP contribution in [0.25, 0.3) is 0 Å². The highest BCUT2D eigenvalue weighted by atomic mass is 35.5. The van der Waals surface area contributed by atoms with Gasteiger partial charge in [0.25, 0.3) is 0 Å². The van der Waals surface area contributed by atoms with Gasteiger partial charge in [-0.3, -0.25) is 0 Å². The van der Waals surface area contributed by atoms with Gasteiger partial charge >= 0.3 is 0 Å². The molecule has 2 heterocycles. The molecular weight excluding hydrogens is 344 g/mol. The molecule has 0 bridgehead atoms. The van der Waals surface area contributed by atoms with Gasteiger partial charge in [-0.1, -0.05) is 11.6 Å². The largest absolute Gasteiger partial charge is 0.495 e. The van der Waals surface area contributed by atoms with Crippen molar-refractivity contribution in [1.29, 1.82) is 0 Å². The van der Waals surface area contributed by atoms with Crippen LogP contribution in [-0.4, -0.2) is 24.2 Å². The predicted octanol–water partition coefficient (Wildman–Crippen LogP) is 4.10. The number of methoxy groups -OCH3 is 2. The summed E-state index contributed by atoms with van der Waals surface area (Å²) in [4.78, 5) is 8.61. The van der Waals surface area contributed by atoms with Crippen LogP contribution in [0.4, 0.5) is 17.5 Å². The minimum absolute atomic E-state index is 0.466. The van der Waals surface area contributed by atoms with E-state index in [1.54, 1.807) is 44.9 Å². The zero-order valence-electron chi connectivity index (χ0n) is 13.7. The molecule has 0 fully saturated rings. The molecule has 0 saturated carbocycles. The van der Waals surface area contributed by atoms with E-state index in [0.717, 1.165) is 5.76 Å². The van der Waals surface area contributed by atoms with Crippen LogP contribution in [0.1, 0.15) is 5.76 Å². The molecule has 8 heteroatoms. The molecule has 0 atom stereocenters. The molecule has 0 saturated heterocycles. The summed E-state index contributed by atoms with van der Waals surface area (Å²) in [7, 11) is 3.12. The normalized spacial score (nSPS) is 10.4. The van der Waals surface area contributed by atoms with Gasteiger partial charge in [-0.05, 0) is 18.2 Å². The van der Waals surface area contributed by atoms with Gasteiger partial charge in [0.1, 0.15) is 23.1 Å². The van der Waals surface area contributed by atoms with Crippen molar-refractivity contribution in [3.8, 4) is 11.5 Å². The number of aromatic nitrogens is 2. The Balaban J connectivity index is 1.77. The fourth-order valence-electron chi connectivity index (χ4n) is 2.19. The van der Waals surface area contributed by atoms with E-state index < -0.39 is 0 Å². The number of nitrogens with one attached hydrogen (secondary N) is 2. The van der Waals surface area contributed by atoms with Gasteiger partial charge < -0.3 is 24.5 Å². The lowest BCUT2D eigenvalue weighted by Gasteiger charge is -2.14. The van der Waals surface area contributed by atoms with E-state index in [4.69, 9.17) is 25.5 Å². The molecule has 3 rings (SSSR count). The molecule has 25 heavy (non-hydrogen) atoms. The second-order valence-electron chi connectivity index (χ2n) is 5.01. The van der Waals surface area contributed by atoms with Crippen molar-refractivity contribution in [2.24, 2.45) is 0 Å². The number of benzene rings is 1. The average Bonchev–Trinajstić information content (AvgIpc) is 3.15. The van der Waals surface area contributed by atoms with Crippen LogP contribution in [0.3, 0.4) is 0 Å². The van der Waals surface area contributed by atoms with Crippen molar-refractivity contribution in [1.82, 2.24) is 9.97 Å². The molecular formula is C17H17ClN4O3. The predicted molar refractivity (Wildman–Crippen MR) is 95.9 cm³/mol. The van der Waals surface area contributed by atoms with Crippen molar-refractivity contribution >= 4 is 29.1 Å². The number of rotatable bonds is 7. The lowest BCUT2D eigenvalue weighted by Crippen LogP contribution is -2.05. The summed E-state index contributed by atoms with van der Waals surface area (Å²) in [6, 6.07) is 8.88. The van der Waals surface area contributed by atoms with Crippen molar-refractivity contribution < 1.29 is 13.9 Å². The summed E-state index contributed by atoms with van der Waals surface area (Å²) in [5, 5.41) is 6.75. The zero-order chi connectivity index (χ0) is 17.6. The first-order valence-electron chi connectivity index (χ1n) is 7.47. The highest BCUT2D eigenvalue weighted by Gasteiger charge is 2.11. The monoisotopic (exact) mass is 360 g/mol. The van der Waals surface area contributed by atoms with Crippen LogP contribution in [0, 0.1) is 0 Å². The number of hydrogen-bond donors (Lipinski definition) is 2. The third-order valence-electron chi connectivity index (χ3n) is 3.39. The molecule has 0 aliphatic heterocycles. The average molecular weight is 361 g/mol. The summed E-state index contributed by atoms with van der Waals surface area (Å²) >= 11 is 6.12. The molecule has 2 aromatic heterocycles. The topological polar surface area (TPSA) is 81.4 Å². The van der Waals surface area contributed by atoms with Crippen molar-refractivity contribution in [3.63, 3.8) is 0 Å². The lowest BCUT2D eigenvalue weighted by atomic mass is 10.2. The Morgan fingerprint density at radius 2 is 2.00 bits per heavy atom. The summed E-state index contributed by atoms with van der Waals surface area (Å²) < 4.78 is 15.9. The highest BCUT2D eigenvalue weighted by Crippen LogP contribution is 2.37. The lowest BCUT2D eigenvalue weighted by molar-refractivity contribution is 0.405. The Labute approximate surface area is 150 Å². The fourth-order valence-corrected chi connectivity index (χ4v) is 2.42. The quantitative estimate of drug-likeness (QED) is 0.656. The Kier molecular flexibility index (Phi) is 5.25. The summed E-state index contributed by atoms with van der Waals surface area (Å²) in [5.41, 5.74) is 0.680. The maximum atomic E-state index is 6.12. The van der Waals surface area contributed by atoms with Gasteiger partial charge in [0.05, 0.1) is 37.7 Å². The van der Waals surface area contributed by atoms with E-state index in [-0.39, 0.29) is 0 Å². The minimum atomic E-state index is 0.466. The SMILES string of the molecule is COc1cc(Nc2ccnc(NCc3ccco3)n2)c(OC)cc1Cl. The minimum Gasteiger partial charge on any atom is -0.495 e. The standard InChI is InChI=1S/C17H17ClN4O3/c1-23-14-9-13(15(24-2)8-12(14)18)21-16-5-6-19-17(22-16)20-10-11-4-3-7-25-11/h3-9H,10H2,1-2H3,(H2,19,20,21,22). The van der Waals surface area contributed by atoms with E-state index >= 15 is 0 Å². The number of hydrogen-bond acceptors (Lipinski definition) is 7. The summed E-state index contributed by atoms with van der Waals surface area (Å²) in [5.74, 6) is 2.98. The first kappa shape index (κ1) is 16.9. The highest BCUT2D eigenvalue weighted by molar-refractivity contribution is 6.32. The van der Waals surface area contributed by atoms with Gasteiger partial charge in [0.2, 0.25) is 5.95 Å². The van der Waals surface area contributed by atoms with Crippen LogP contribution >= 0.6 is 11.6 Å². The van der Waals surface area contributed by atoms with Crippen LogP contribution in [0.5, 0.6) is 11.5 Å². The number of anilines is 3. The Bertz CT molecular complexity index is 840. The molecule has 2 N–H and O–H groups in total. The van der Waals surface area contributed by atoms with Crippen LogP contribution in [0.15, 0.2) is 47.2 Å². The Morgan fingerprint density at radius 3 is 2.72 bits per heavy atom. The van der Waals surface area contributed by atoms with Gasteiger partial charge in [0.15, 0.2) is 0 Å². The molecule has 0 amide bonds.